The third kappa shape index (κ3) is 2.49. The van der Waals surface area contributed by atoms with E-state index >= 15 is 0 Å². The van der Waals surface area contributed by atoms with Gasteiger partial charge in [0.2, 0.25) is 5.91 Å². The van der Waals surface area contributed by atoms with Gasteiger partial charge in [-0.25, -0.2) is 0 Å². The van der Waals surface area contributed by atoms with E-state index in [1.54, 1.807) is 18.0 Å². The summed E-state index contributed by atoms with van der Waals surface area (Å²) in [5.74, 6) is 0.0796. The van der Waals surface area contributed by atoms with Gasteiger partial charge in [0.25, 0.3) is 0 Å². The molecule has 90 valence electrons. The van der Waals surface area contributed by atoms with Crippen molar-refractivity contribution in [3.63, 3.8) is 0 Å². The second-order valence-electron chi connectivity index (χ2n) is 4.06. The summed E-state index contributed by atoms with van der Waals surface area (Å²) >= 11 is 3.33. The van der Waals surface area contributed by atoms with Crippen LogP contribution in [0, 0.1) is 0 Å². The summed E-state index contributed by atoms with van der Waals surface area (Å²) in [5.41, 5.74) is 1.43. The lowest BCUT2D eigenvalue weighted by atomic mass is 10.1. The van der Waals surface area contributed by atoms with Gasteiger partial charge < -0.3 is 9.80 Å². The molecule has 0 spiro atoms. The van der Waals surface area contributed by atoms with Crippen LogP contribution >= 0.6 is 15.9 Å². The van der Waals surface area contributed by atoms with Crippen LogP contribution in [0.25, 0.3) is 0 Å². The fourth-order valence-electron chi connectivity index (χ4n) is 1.87. The molecule has 1 saturated heterocycles. The molecule has 17 heavy (non-hydrogen) atoms. The molecular weight excluding hydrogens is 284 g/mol. The highest BCUT2D eigenvalue weighted by Gasteiger charge is 2.22. The van der Waals surface area contributed by atoms with Gasteiger partial charge in [0.15, 0.2) is 6.29 Å². The van der Waals surface area contributed by atoms with Gasteiger partial charge in [-0.3, -0.25) is 9.59 Å². The van der Waals surface area contributed by atoms with Gasteiger partial charge in [0.05, 0.1) is 6.54 Å². The summed E-state index contributed by atoms with van der Waals surface area (Å²) in [7, 11) is 1.79. The van der Waals surface area contributed by atoms with E-state index in [9.17, 15) is 9.59 Å². The molecule has 1 aromatic carbocycles. The van der Waals surface area contributed by atoms with E-state index in [1.165, 1.54) is 0 Å². The summed E-state index contributed by atoms with van der Waals surface area (Å²) in [6.45, 7) is 1.77. The Bertz CT molecular complexity index is 462. The summed E-state index contributed by atoms with van der Waals surface area (Å²) < 4.78 is 0.865. The first kappa shape index (κ1) is 12.1. The van der Waals surface area contributed by atoms with Gasteiger partial charge in [0.1, 0.15) is 0 Å². The number of piperazine rings is 1. The van der Waals surface area contributed by atoms with E-state index in [0.29, 0.717) is 18.7 Å². The van der Waals surface area contributed by atoms with E-state index < -0.39 is 0 Å². The number of anilines is 1. The Kier molecular flexibility index (Phi) is 3.47. The molecule has 0 bridgehead atoms. The van der Waals surface area contributed by atoms with Crippen LogP contribution < -0.4 is 4.90 Å². The summed E-state index contributed by atoms with van der Waals surface area (Å²) in [6, 6.07) is 5.52. The lowest BCUT2D eigenvalue weighted by molar-refractivity contribution is -0.129. The normalized spacial score (nSPS) is 16.2. The first-order valence-corrected chi connectivity index (χ1v) is 6.15. The van der Waals surface area contributed by atoms with Crippen molar-refractivity contribution in [2.45, 2.75) is 0 Å². The molecule has 1 amide bonds. The number of hydrogen-bond acceptors (Lipinski definition) is 3. The molecule has 1 heterocycles. The lowest BCUT2D eigenvalue weighted by Gasteiger charge is -2.34. The van der Waals surface area contributed by atoms with Crippen LogP contribution in [0.1, 0.15) is 10.4 Å². The average molecular weight is 297 g/mol. The van der Waals surface area contributed by atoms with Crippen molar-refractivity contribution < 1.29 is 9.59 Å². The molecule has 1 aliphatic heterocycles. The Morgan fingerprint density at radius 2 is 2.12 bits per heavy atom. The lowest BCUT2D eigenvalue weighted by Crippen LogP contribution is -2.48. The summed E-state index contributed by atoms with van der Waals surface area (Å²) in [6.07, 6.45) is 0.822. The highest BCUT2D eigenvalue weighted by Crippen LogP contribution is 2.24. The Labute approximate surface area is 108 Å². The molecule has 4 nitrogen and oxygen atoms in total. The van der Waals surface area contributed by atoms with Gasteiger partial charge in [-0.05, 0) is 18.2 Å². The number of benzene rings is 1. The van der Waals surface area contributed by atoms with E-state index in [2.05, 4.69) is 15.9 Å². The van der Waals surface area contributed by atoms with Crippen LogP contribution in [-0.4, -0.2) is 43.8 Å². The minimum Gasteiger partial charge on any atom is -0.360 e. The first-order valence-electron chi connectivity index (χ1n) is 5.35. The zero-order valence-electron chi connectivity index (χ0n) is 9.52. The number of rotatable bonds is 2. The third-order valence-corrected chi connectivity index (χ3v) is 3.41. The number of aldehydes is 1. The van der Waals surface area contributed by atoms with Gasteiger partial charge in [-0.15, -0.1) is 0 Å². The molecule has 0 radical (unpaired) electrons. The monoisotopic (exact) mass is 296 g/mol. The number of likely N-dealkylation sites (N-methyl/N-ethyl adjacent to an activating group) is 1. The van der Waals surface area contributed by atoms with Crippen LogP contribution in [0.4, 0.5) is 5.69 Å². The van der Waals surface area contributed by atoms with Crippen molar-refractivity contribution in [1.29, 1.82) is 0 Å². The number of carbonyl (C=O) groups is 2. The number of halogens is 1. The van der Waals surface area contributed by atoms with Crippen molar-refractivity contribution in [2.24, 2.45) is 0 Å². The molecule has 1 aliphatic rings. The highest BCUT2D eigenvalue weighted by atomic mass is 79.9. The highest BCUT2D eigenvalue weighted by molar-refractivity contribution is 9.10. The van der Waals surface area contributed by atoms with E-state index in [-0.39, 0.29) is 5.91 Å². The van der Waals surface area contributed by atoms with Crippen molar-refractivity contribution in [1.82, 2.24) is 4.90 Å². The molecule has 5 heteroatoms. The molecule has 0 N–H and O–H groups in total. The van der Waals surface area contributed by atoms with Crippen LogP contribution in [0.3, 0.4) is 0 Å². The third-order valence-electron chi connectivity index (χ3n) is 2.91. The predicted molar refractivity (Wildman–Crippen MR) is 69.4 cm³/mol. The Morgan fingerprint density at radius 1 is 1.35 bits per heavy atom. The predicted octanol–water partition coefficient (Wildman–Crippen LogP) is 1.54. The second-order valence-corrected chi connectivity index (χ2v) is 4.97. The summed E-state index contributed by atoms with van der Waals surface area (Å²) in [5, 5.41) is 0. The molecule has 0 aromatic heterocycles. The van der Waals surface area contributed by atoms with E-state index in [1.807, 2.05) is 17.0 Å². The van der Waals surface area contributed by atoms with E-state index in [4.69, 9.17) is 0 Å². The topological polar surface area (TPSA) is 40.6 Å². The van der Waals surface area contributed by atoms with Crippen molar-refractivity contribution in [3.05, 3.63) is 28.2 Å². The van der Waals surface area contributed by atoms with Gasteiger partial charge in [0, 0.05) is 35.9 Å². The number of nitrogens with zero attached hydrogens (tertiary/aromatic N) is 2. The minimum absolute atomic E-state index is 0.0796. The SMILES string of the molecule is CN1CCN(c2ccc(Br)cc2C=O)CC1=O. The molecule has 0 unspecified atom stereocenters. The van der Waals surface area contributed by atoms with Gasteiger partial charge in [-0.1, -0.05) is 15.9 Å². The number of amides is 1. The molecule has 0 saturated carbocycles. The standard InChI is InChI=1S/C12H13BrN2O2/c1-14-4-5-15(7-12(14)17)11-3-2-10(13)6-9(11)8-16/h2-3,6,8H,4-5,7H2,1H3. The molecule has 0 atom stereocenters. The maximum Gasteiger partial charge on any atom is 0.241 e. The fourth-order valence-corrected chi connectivity index (χ4v) is 2.25. The van der Waals surface area contributed by atoms with Crippen molar-refractivity contribution in [2.75, 3.05) is 31.6 Å². The van der Waals surface area contributed by atoms with Crippen LogP contribution in [-0.2, 0) is 4.79 Å². The zero-order chi connectivity index (χ0) is 12.4. The minimum atomic E-state index is 0.0796. The molecule has 0 aliphatic carbocycles. The largest absolute Gasteiger partial charge is 0.360 e. The smallest absolute Gasteiger partial charge is 0.241 e. The fraction of sp³-hybridized carbons (Fsp3) is 0.333. The molecule has 1 fully saturated rings. The van der Waals surface area contributed by atoms with Crippen LogP contribution in [0.15, 0.2) is 22.7 Å². The number of hydrogen-bond donors (Lipinski definition) is 0. The summed E-state index contributed by atoms with van der Waals surface area (Å²) in [4.78, 5) is 26.3. The average Bonchev–Trinajstić information content (AvgIpc) is 2.32. The molecule has 1 aromatic rings. The maximum atomic E-state index is 11.6. The van der Waals surface area contributed by atoms with E-state index in [0.717, 1.165) is 23.0 Å². The van der Waals surface area contributed by atoms with Crippen molar-refractivity contribution in [3.8, 4) is 0 Å². The van der Waals surface area contributed by atoms with Crippen molar-refractivity contribution >= 4 is 33.8 Å². The van der Waals surface area contributed by atoms with Crippen LogP contribution in [0.2, 0.25) is 0 Å². The second kappa shape index (κ2) is 4.87. The molecular formula is C12H13BrN2O2. The Hall–Kier alpha value is -1.36. The Morgan fingerprint density at radius 3 is 2.76 bits per heavy atom. The van der Waals surface area contributed by atoms with Gasteiger partial charge >= 0.3 is 0 Å². The first-order chi connectivity index (χ1) is 8.11. The quantitative estimate of drug-likeness (QED) is 0.778. The van der Waals surface area contributed by atoms with Crippen LogP contribution in [0.5, 0.6) is 0 Å². The molecule has 2 rings (SSSR count). The Balaban J connectivity index is 2.28. The zero-order valence-corrected chi connectivity index (χ0v) is 11.1. The number of carbonyl (C=O) groups excluding carboxylic acids is 2. The maximum absolute atomic E-state index is 11.6. The van der Waals surface area contributed by atoms with Gasteiger partial charge in [-0.2, -0.15) is 0 Å².